The molecule has 0 atom stereocenters. The summed E-state index contributed by atoms with van der Waals surface area (Å²) in [6.45, 7) is 4.47. The molecule has 3 heterocycles. The van der Waals surface area contributed by atoms with Crippen molar-refractivity contribution >= 4 is 55.7 Å². The summed E-state index contributed by atoms with van der Waals surface area (Å²) in [6.07, 6.45) is 5.56. The van der Waals surface area contributed by atoms with E-state index in [0.29, 0.717) is 10.6 Å². The van der Waals surface area contributed by atoms with Gasteiger partial charge in [0.05, 0.1) is 10.2 Å². The number of pyridine rings is 1. The number of aryl methyl sites for hydroxylation is 1. The van der Waals surface area contributed by atoms with E-state index >= 15 is 0 Å². The molecule has 114 valence electrons. The van der Waals surface area contributed by atoms with Crippen LogP contribution in [0.1, 0.15) is 43.0 Å². The van der Waals surface area contributed by atoms with Crippen LogP contribution in [0.15, 0.2) is 5.16 Å². The van der Waals surface area contributed by atoms with Gasteiger partial charge in [-0.2, -0.15) is 0 Å². The van der Waals surface area contributed by atoms with E-state index in [-0.39, 0.29) is 0 Å². The van der Waals surface area contributed by atoms with E-state index in [4.69, 9.17) is 17.2 Å². The highest BCUT2D eigenvalue weighted by atomic mass is 32.2. The van der Waals surface area contributed by atoms with Crippen LogP contribution in [0, 0.1) is 4.64 Å². The van der Waals surface area contributed by atoms with Crippen molar-refractivity contribution in [3.05, 3.63) is 21.5 Å². The number of hydrogen-bond donors (Lipinski definition) is 1. The quantitative estimate of drug-likeness (QED) is 0.391. The molecular formula is C16H17N3S3. The lowest BCUT2D eigenvalue weighted by Gasteiger charge is -2.12. The highest BCUT2D eigenvalue weighted by Crippen LogP contribution is 2.41. The number of hydrogen-bond acceptors (Lipinski definition) is 5. The van der Waals surface area contributed by atoms with Crippen LogP contribution >= 0.6 is 35.3 Å². The summed E-state index contributed by atoms with van der Waals surface area (Å²) >= 11 is 8.79. The molecule has 0 bridgehead atoms. The second kappa shape index (κ2) is 5.28. The molecule has 1 aliphatic carbocycles. The number of thioether (sulfide) groups is 1. The number of fused-ring (bicyclic) bond motifs is 5. The summed E-state index contributed by atoms with van der Waals surface area (Å²) in [6, 6.07) is 0. The molecular weight excluding hydrogens is 330 g/mol. The van der Waals surface area contributed by atoms with Crippen LogP contribution < -0.4 is 0 Å². The van der Waals surface area contributed by atoms with E-state index in [0.717, 1.165) is 33.0 Å². The standard InChI is InChI=1S/C16H17N3S3/c1-7(2)11-9-6-4-5-8(9)10-12-13(22-15(10)17-11)14(20)19-16(18-12)21-3/h7H,4-6H2,1-3H3,(H,18,19,20). The van der Waals surface area contributed by atoms with Gasteiger partial charge in [0.15, 0.2) is 5.16 Å². The smallest absolute Gasteiger partial charge is 0.167 e. The van der Waals surface area contributed by atoms with Gasteiger partial charge in [-0.15, -0.1) is 11.3 Å². The van der Waals surface area contributed by atoms with E-state index in [2.05, 4.69) is 23.8 Å². The molecule has 3 aromatic rings. The molecule has 0 unspecified atom stereocenters. The molecule has 0 fully saturated rings. The second-order valence-corrected chi connectivity index (χ2v) is 8.18. The molecule has 0 amide bonds. The third kappa shape index (κ3) is 2.04. The van der Waals surface area contributed by atoms with Crippen molar-refractivity contribution in [2.75, 3.05) is 6.26 Å². The van der Waals surface area contributed by atoms with Gasteiger partial charge in [0.1, 0.15) is 9.47 Å². The first-order valence-corrected chi connectivity index (χ1v) is 9.97. The molecule has 6 heteroatoms. The normalized spacial score (nSPS) is 14.4. The highest BCUT2D eigenvalue weighted by molar-refractivity contribution is 7.98. The average molecular weight is 348 g/mol. The minimum absolute atomic E-state index is 0.466. The summed E-state index contributed by atoms with van der Waals surface area (Å²) in [5, 5.41) is 2.18. The van der Waals surface area contributed by atoms with Crippen LogP contribution in [0.25, 0.3) is 20.4 Å². The molecule has 0 aromatic carbocycles. The predicted octanol–water partition coefficient (Wildman–Crippen LogP) is 5.24. The average Bonchev–Trinajstić information content (AvgIpc) is 3.09. The summed E-state index contributed by atoms with van der Waals surface area (Å²) < 4.78 is 1.77. The van der Waals surface area contributed by atoms with Crippen LogP contribution in [-0.4, -0.2) is 21.2 Å². The Kier molecular flexibility index (Phi) is 3.51. The maximum atomic E-state index is 5.50. The van der Waals surface area contributed by atoms with Crippen molar-refractivity contribution in [2.24, 2.45) is 0 Å². The largest absolute Gasteiger partial charge is 0.333 e. The van der Waals surface area contributed by atoms with Gasteiger partial charge >= 0.3 is 0 Å². The Bertz CT molecular complexity index is 953. The van der Waals surface area contributed by atoms with Gasteiger partial charge in [-0.05, 0) is 42.6 Å². The number of thiophene rings is 1. The number of rotatable bonds is 2. The minimum Gasteiger partial charge on any atom is -0.333 e. The number of aromatic amines is 1. The van der Waals surface area contributed by atoms with Crippen LogP contribution in [-0.2, 0) is 12.8 Å². The molecule has 3 aromatic heterocycles. The van der Waals surface area contributed by atoms with Gasteiger partial charge in [0.2, 0.25) is 0 Å². The van der Waals surface area contributed by atoms with Crippen molar-refractivity contribution in [3.63, 3.8) is 0 Å². The second-order valence-electron chi connectivity index (χ2n) is 6.00. The van der Waals surface area contributed by atoms with Crippen LogP contribution in [0.4, 0.5) is 0 Å². The maximum absolute atomic E-state index is 5.50. The fraction of sp³-hybridized carbons (Fsp3) is 0.438. The molecule has 4 rings (SSSR count). The number of aromatic nitrogens is 3. The number of nitrogens with zero attached hydrogens (tertiary/aromatic N) is 2. The first-order valence-electron chi connectivity index (χ1n) is 7.52. The zero-order valence-corrected chi connectivity index (χ0v) is 15.3. The van der Waals surface area contributed by atoms with Crippen LogP contribution in [0.2, 0.25) is 0 Å². The summed E-state index contributed by atoms with van der Waals surface area (Å²) in [5.74, 6) is 0.466. The minimum atomic E-state index is 0.466. The first kappa shape index (κ1) is 14.6. The van der Waals surface area contributed by atoms with E-state index in [1.54, 1.807) is 23.1 Å². The van der Waals surface area contributed by atoms with Crippen LogP contribution in [0.5, 0.6) is 0 Å². The van der Waals surface area contributed by atoms with Crippen molar-refractivity contribution in [2.45, 2.75) is 44.2 Å². The van der Waals surface area contributed by atoms with Gasteiger partial charge < -0.3 is 4.98 Å². The van der Waals surface area contributed by atoms with Gasteiger partial charge in [-0.25, -0.2) is 9.97 Å². The Morgan fingerprint density at radius 3 is 2.73 bits per heavy atom. The van der Waals surface area contributed by atoms with E-state index in [1.165, 1.54) is 28.6 Å². The molecule has 1 aliphatic rings. The Morgan fingerprint density at radius 1 is 1.23 bits per heavy atom. The first-order chi connectivity index (χ1) is 10.6. The van der Waals surface area contributed by atoms with Crippen molar-refractivity contribution in [1.29, 1.82) is 0 Å². The topological polar surface area (TPSA) is 41.6 Å². The van der Waals surface area contributed by atoms with Crippen LogP contribution in [0.3, 0.4) is 0 Å². The molecule has 0 aliphatic heterocycles. The lowest BCUT2D eigenvalue weighted by molar-refractivity contribution is 0.805. The number of H-pyrrole nitrogens is 1. The van der Waals surface area contributed by atoms with Gasteiger partial charge in [0, 0.05) is 11.1 Å². The van der Waals surface area contributed by atoms with Gasteiger partial charge in [0.25, 0.3) is 0 Å². The van der Waals surface area contributed by atoms with Crippen molar-refractivity contribution in [1.82, 2.24) is 15.0 Å². The third-order valence-electron chi connectivity index (χ3n) is 4.31. The molecule has 0 spiro atoms. The van der Waals surface area contributed by atoms with E-state index in [1.807, 2.05) is 6.26 Å². The molecule has 3 nitrogen and oxygen atoms in total. The highest BCUT2D eigenvalue weighted by Gasteiger charge is 2.24. The Balaban J connectivity index is 2.19. The summed E-state index contributed by atoms with van der Waals surface area (Å²) in [5.41, 5.74) is 5.38. The summed E-state index contributed by atoms with van der Waals surface area (Å²) in [7, 11) is 0. The van der Waals surface area contributed by atoms with E-state index in [9.17, 15) is 0 Å². The Hall–Kier alpha value is -0.980. The maximum Gasteiger partial charge on any atom is 0.167 e. The Labute approximate surface area is 142 Å². The predicted molar refractivity (Wildman–Crippen MR) is 98.0 cm³/mol. The molecule has 22 heavy (non-hydrogen) atoms. The zero-order chi connectivity index (χ0) is 15.4. The van der Waals surface area contributed by atoms with E-state index < -0.39 is 0 Å². The Morgan fingerprint density at radius 2 is 2.00 bits per heavy atom. The lowest BCUT2D eigenvalue weighted by atomic mass is 9.99. The molecule has 0 saturated carbocycles. The van der Waals surface area contributed by atoms with Gasteiger partial charge in [-0.3, -0.25) is 0 Å². The third-order valence-corrected chi connectivity index (χ3v) is 6.40. The fourth-order valence-electron chi connectivity index (χ4n) is 3.38. The zero-order valence-electron chi connectivity index (χ0n) is 12.8. The van der Waals surface area contributed by atoms with Crippen molar-refractivity contribution < 1.29 is 0 Å². The summed E-state index contributed by atoms with van der Waals surface area (Å²) in [4.78, 5) is 14.1. The molecule has 0 radical (unpaired) electrons. The molecule has 1 N–H and O–H groups in total. The molecule has 0 saturated heterocycles. The monoisotopic (exact) mass is 347 g/mol. The van der Waals surface area contributed by atoms with Gasteiger partial charge in [-0.1, -0.05) is 37.8 Å². The number of nitrogens with one attached hydrogen (secondary N) is 1. The fourth-order valence-corrected chi connectivity index (χ4v) is 5.19. The SMILES string of the molecule is CSc1nc(=S)c2sc3nc(C(C)C)c4c(c3c2[nH]1)CCC4. The van der Waals surface area contributed by atoms with Crippen molar-refractivity contribution in [3.8, 4) is 0 Å². The lowest BCUT2D eigenvalue weighted by Crippen LogP contribution is -2.00.